The fourth-order valence-electron chi connectivity index (χ4n) is 22.2. The molecule has 0 aromatic carbocycles. The smallest absolute Gasteiger partial charge is 0.291 e. The molecule has 39 heteroatoms. The number of rotatable bonds is 30. The van der Waals surface area contributed by atoms with E-state index in [1.54, 1.807) is 68.4 Å². The van der Waals surface area contributed by atoms with Crippen LogP contribution >= 0.6 is 11.3 Å². The van der Waals surface area contributed by atoms with Gasteiger partial charge >= 0.3 is 0 Å². The van der Waals surface area contributed by atoms with Crippen LogP contribution in [-0.2, 0) is 52.7 Å². The lowest BCUT2D eigenvalue weighted by molar-refractivity contribution is -0.178. The summed E-state index contributed by atoms with van der Waals surface area (Å²) in [7, 11) is 0. The zero-order valence-electron chi connectivity index (χ0n) is 86.6. The molecule has 8 N–H and O–H groups in total. The van der Waals surface area contributed by atoms with Gasteiger partial charge in [-0.05, 0) is 161 Å². The number of anilines is 1. The molecule has 142 heavy (non-hydrogen) atoms. The summed E-state index contributed by atoms with van der Waals surface area (Å²) < 4.78 is 15.7. The number of nitrogens with two attached hydrogens (primary N) is 2. The molecule has 38 nitrogen and oxygen atoms in total. The van der Waals surface area contributed by atoms with Gasteiger partial charge in [0.1, 0.15) is 85.0 Å². The molecule has 3 saturated carbocycles. The number of hydrogen-bond donors (Lipinski definition) is 6. The molecule has 4 aromatic heterocycles. The summed E-state index contributed by atoms with van der Waals surface area (Å²) >= 11 is 1.14. The maximum Gasteiger partial charge on any atom is 0.291 e. The number of piperazine rings is 4. The number of carbonyl (C=O) groups is 15. The molecule has 0 radical (unpaired) electrons. The molecular formula is C103H158N20O18S. The van der Waals surface area contributed by atoms with Crippen molar-refractivity contribution in [2.24, 2.45) is 64.9 Å². The first-order valence-corrected chi connectivity index (χ1v) is 53.2. The van der Waals surface area contributed by atoms with E-state index in [1.807, 2.05) is 119 Å². The number of furan rings is 2. The van der Waals surface area contributed by atoms with E-state index in [0.717, 1.165) is 82.0 Å². The number of nitrogens with zero attached hydrogens (tertiary/aromatic N) is 14. The summed E-state index contributed by atoms with van der Waals surface area (Å²) in [6.07, 6.45) is 21.5. The lowest BCUT2D eigenvalue weighted by Gasteiger charge is -2.56. The van der Waals surface area contributed by atoms with Gasteiger partial charge in [-0.1, -0.05) is 174 Å². The van der Waals surface area contributed by atoms with Gasteiger partial charge in [0.05, 0.1) is 64.4 Å². The zero-order valence-corrected chi connectivity index (χ0v) is 87.4. The number of nitrogens with one attached hydrogen (secondary N) is 4. The highest BCUT2D eigenvalue weighted by atomic mass is 32.1. The van der Waals surface area contributed by atoms with E-state index < -0.39 is 96.8 Å². The summed E-state index contributed by atoms with van der Waals surface area (Å²) in [6, 6.07) is 1.15. The molecule has 6 unspecified atom stereocenters. The van der Waals surface area contributed by atoms with Gasteiger partial charge in [-0.2, -0.15) is 0 Å². The summed E-state index contributed by atoms with van der Waals surface area (Å²) in [5.74, 6) is -1.50. The van der Waals surface area contributed by atoms with Crippen molar-refractivity contribution in [2.75, 3.05) is 84.3 Å². The number of carbonyl (C=O) groups excluding carboxylic acids is 15. The first-order valence-electron chi connectivity index (χ1n) is 52.4. The molecule has 14 atom stereocenters. The average Bonchev–Trinajstić information content (AvgIpc) is 1.24. The molecule has 4 aromatic rings. The van der Waals surface area contributed by atoms with Crippen molar-refractivity contribution in [3.8, 4) is 0 Å². The van der Waals surface area contributed by atoms with Gasteiger partial charge in [-0.15, -0.1) is 11.3 Å². The largest absolute Gasteiger partial charge is 0.459 e. The monoisotopic (exact) mass is 2000 g/mol. The molecule has 12 heterocycles. The van der Waals surface area contributed by atoms with Gasteiger partial charge in [-0.25, -0.2) is 4.98 Å². The molecule has 11 aliphatic rings. The quantitative estimate of drug-likeness (QED) is 0.0283. The summed E-state index contributed by atoms with van der Waals surface area (Å²) in [5, 5.41) is 17.3. The van der Waals surface area contributed by atoms with Crippen LogP contribution in [0.5, 0.6) is 0 Å². The number of fused-ring (bicyclic) bond motifs is 4. The van der Waals surface area contributed by atoms with Crippen molar-refractivity contribution in [3.05, 3.63) is 77.4 Å². The van der Waals surface area contributed by atoms with Gasteiger partial charge < -0.3 is 105 Å². The standard InChI is InChI=1S/C28H42N4O5.C27H42N6O4S.C26H40N6O5.C22H34N4O4/c1-18(2)13-22-27(35)30(15-20-9-6-5-7-10-20)17-25-31(28(36)23-11-8-12-37-23)16-21(26(34)32(22)25)29-24(33)14-19(3)4;1-16(2)10-21-26(37)31(12-18-8-6-5-7-9-18)14-22-32(23(34)11-17(3)4)13-19(25(36)33(21)22)29-24(35)20-15-38-27(28)30-20;1-5-16(4)30-14-20-31(24(34)18-11-12-37-29-18)13-19(28-23(33)21(27)15(2)3)25(35)32(20)22(26(30)36)17-9-7-6-8-10-17;1-6-9-24-13-18-25(21(28)17-8-7-10-30-17)12-16(23-11-14(2)3)20(27)26(18)19(15(4)5)22(24)29/h8,11-12,18-22,25H,5-7,9-10,13-17H2,1-4H3,(H,29,33);15-19,21-22H,5-14H2,1-4H3,(H2,28,30)(H,29,35);11-12,15-17,19-22H,5-10,13-14,27H2,1-4H3,(H,28,33);7-8,10,14-16,18-19,23H,6,9,11-13H2,1-5H3/t21-,22-,25?;19-,21-,22?;16?,19-,20?,21?,22-;16-,18?,19-/m1100/s1. The van der Waals surface area contributed by atoms with Gasteiger partial charge in [0.25, 0.3) is 23.6 Å². The first kappa shape index (κ1) is 110. The third-order valence-electron chi connectivity index (χ3n) is 29.6. The third-order valence-corrected chi connectivity index (χ3v) is 30.2. The van der Waals surface area contributed by atoms with Crippen molar-refractivity contribution < 1.29 is 85.3 Å². The lowest BCUT2D eigenvalue weighted by Crippen LogP contribution is -2.77. The van der Waals surface area contributed by atoms with E-state index in [-0.39, 0.29) is 192 Å². The Labute approximate surface area is 840 Å². The summed E-state index contributed by atoms with van der Waals surface area (Å²) in [5.41, 5.74) is 12.0. The van der Waals surface area contributed by atoms with Crippen molar-refractivity contribution >= 4 is 105 Å². The second-order valence-electron chi connectivity index (χ2n) is 43.6. The Morgan fingerprint density at radius 2 is 0.944 bits per heavy atom. The van der Waals surface area contributed by atoms with Gasteiger partial charge in [0, 0.05) is 56.5 Å². The minimum atomic E-state index is -1.02. The van der Waals surface area contributed by atoms with E-state index >= 15 is 0 Å². The number of hydrogen-bond acceptors (Lipinski definition) is 24. The van der Waals surface area contributed by atoms with Crippen molar-refractivity contribution in [1.82, 2.24) is 90.2 Å². The second kappa shape index (κ2) is 49.6. The minimum Gasteiger partial charge on any atom is -0.459 e. The highest BCUT2D eigenvalue weighted by Gasteiger charge is 2.59. The molecule has 11 fully saturated rings. The number of amides is 15. The highest BCUT2D eigenvalue weighted by molar-refractivity contribution is 7.13. The van der Waals surface area contributed by atoms with Crippen LogP contribution in [0.15, 0.2) is 67.9 Å². The lowest BCUT2D eigenvalue weighted by atomic mass is 9.80. The Hall–Kier alpha value is -10.8. The topological polar surface area (TPSA) is 460 Å². The third kappa shape index (κ3) is 26.1. The molecular weight excluding hydrogens is 1840 g/mol. The normalized spacial score (nSPS) is 25.4. The second-order valence-corrected chi connectivity index (χ2v) is 44.5. The van der Waals surface area contributed by atoms with Crippen LogP contribution in [0.1, 0.15) is 295 Å². The fourth-order valence-corrected chi connectivity index (χ4v) is 22.7. The molecule has 784 valence electrons. The first-order chi connectivity index (χ1) is 67.6. The Morgan fingerprint density at radius 1 is 0.472 bits per heavy atom. The van der Waals surface area contributed by atoms with E-state index in [4.69, 9.17) is 24.8 Å². The summed E-state index contributed by atoms with van der Waals surface area (Å²) in [6.45, 7) is 37.7. The zero-order chi connectivity index (χ0) is 103. The SMILES string of the molecule is CC(C)CC(=O)N1C[C@@H](NC(=O)c2csc(N)n2)C(=O)N2C1CN(CC1CCCCC1)C(=O)[C@H]2CC(C)C.CC(C)CC(=O)N[C@@H]1CN(C(=O)c2ccco2)C2CN(CC3CCCCC3)C(=O)[C@@H](CC(C)C)N2C1=O.CCC(C)N1CC2N(C(=O)c3ccon3)C[C@H](NC(=O)C(N)C(C)C)C(=O)N2[C@@H](C2CCCCC2)C1=O.CCCN1CC2N(C(=O)c3ccco3)C[C@H](NCC(C)C)C(=O)N2[C@@H](C(C)C)C1=O. The van der Waals surface area contributed by atoms with E-state index in [1.165, 1.54) is 68.8 Å². The molecule has 0 bridgehead atoms. The van der Waals surface area contributed by atoms with Crippen LogP contribution in [0.25, 0.3) is 0 Å². The highest BCUT2D eigenvalue weighted by Crippen LogP contribution is 2.41. The predicted molar refractivity (Wildman–Crippen MR) is 531 cm³/mol. The van der Waals surface area contributed by atoms with Gasteiger partial charge in [-0.3, -0.25) is 71.9 Å². The predicted octanol–water partition coefficient (Wildman–Crippen LogP) is 9.09. The Bertz CT molecular complexity index is 4970. The molecule has 15 amide bonds. The van der Waals surface area contributed by atoms with Crippen LogP contribution in [0.4, 0.5) is 5.13 Å². The van der Waals surface area contributed by atoms with Crippen LogP contribution in [0, 0.1) is 59.2 Å². The maximum absolute atomic E-state index is 14.0. The molecule has 3 aliphatic carbocycles. The summed E-state index contributed by atoms with van der Waals surface area (Å²) in [4.78, 5) is 227. The van der Waals surface area contributed by atoms with Crippen molar-refractivity contribution in [2.45, 2.75) is 338 Å². The van der Waals surface area contributed by atoms with E-state index in [2.05, 4.69) is 45.3 Å². The number of thiazole rings is 1. The molecule has 0 spiro atoms. The fraction of sp³-hybridized carbons (Fsp3) is 0.718. The Balaban J connectivity index is 0.000000170. The number of aromatic nitrogens is 2. The van der Waals surface area contributed by atoms with E-state index in [0.29, 0.717) is 76.3 Å². The molecule has 8 aliphatic heterocycles. The van der Waals surface area contributed by atoms with Crippen LogP contribution in [-0.4, -0.2) is 321 Å². The van der Waals surface area contributed by atoms with Crippen LogP contribution < -0.4 is 32.7 Å². The van der Waals surface area contributed by atoms with Crippen molar-refractivity contribution in [3.63, 3.8) is 0 Å². The average molecular weight is 2000 g/mol. The van der Waals surface area contributed by atoms with Crippen molar-refractivity contribution in [1.29, 1.82) is 0 Å². The minimum absolute atomic E-state index is 0.00377. The van der Waals surface area contributed by atoms with E-state index in [9.17, 15) is 71.9 Å². The van der Waals surface area contributed by atoms with Gasteiger partial charge in [0.2, 0.25) is 65.0 Å². The Morgan fingerprint density at radius 3 is 1.41 bits per heavy atom. The molecule has 8 saturated heterocycles. The number of nitrogen functional groups attached to an aromatic ring is 1. The molecule has 15 rings (SSSR count). The Kier molecular flexibility index (Phi) is 38.4. The maximum atomic E-state index is 14.0. The van der Waals surface area contributed by atoms with Crippen LogP contribution in [0.2, 0.25) is 0 Å². The van der Waals surface area contributed by atoms with Gasteiger partial charge in [0.15, 0.2) is 22.3 Å². The van der Waals surface area contributed by atoms with Crippen LogP contribution in [0.3, 0.4) is 0 Å².